The van der Waals surface area contributed by atoms with Crippen molar-refractivity contribution in [1.82, 2.24) is 9.97 Å². The Morgan fingerprint density at radius 2 is 2.22 bits per heavy atom. The van der Waals surface area contributed by atoms with E-state index >= 15 is 0 Å². The number of nitro groups is 1. The van der Waals surface area contributed by atoms with Crippen LogP contribution in [0.1, 0.15) is 5.82 Å². The molecule has 1 aromatic heterocycles. The smallest absolute Gasteiger partial charge is 0.329 e. The van der Waals surface area contributed by atoms with Crippen LogP contribution in [0, 0.1) is 10.1 Å². The van der Waals surface area contributed by atoms with Crippen molar-refractivity contribution in [2.75, 3.05) is 37.7 Å². The Bertz CT molecular complexity index is 434. The normalized spacial score (nSPS) is 15.7. The van der Waals surface area contributed by atoms with E-state index in [1.807, 2.05) is 4.90 Å². The van der Waals surface area contributed by atoms with E-state index in [9.17, 15) is 10.1 Å². The first-order chi connectivity index (χ1) is 8.72. The summed E-state index contributed by atoms with van der Waals surface area (Å²) in [6, 6.07) is 0. The minimum Gasteiger partial charge on any atom is -0.378 e. The van der Waals surface area contributed by atoms with Gasteiger partial charge in [-0.25, -0.2) is 9.97 Å². The fourth-order valence-corrected chi connectivity index (χ4v) is 1.79. The van der Waals surface area contributed by atoms with Crippen LogP contribution < -0.4 is 10.6 Å². The second kappa shape index (κ2) is 5.69. The molecule has 2 heterocycles. The zero-order chi connectivity index (χ0) is 13.0. The second-order valence-corrected chi connectivity index (χ2v) is 3.89. The van der Waals surface area contributed by atoms with E-state index in [-0.39, 0.29) is 5.69 Å². The highest BCUT2D eigenvalue weighted by Gasteiger charge is 2.24. The highest BCUT2D eigenvalue weighted by Crippen LogP contribution is 2.25. The van der Waals surface area contributed by atoms with Gasteiger partial charge >= 0.3 is 5.69 Å². The predicted molar refractivity (Wildman–Crippen MR) is 64.5 cm³/mol. The van der Waals surface area contributed by atoms with Gasteiger partial charge in [0, 0.05) is 19.5 Å². The summed E-state index contributed by atoms with van der Waals surface area (Å²) in [6.45, 7) is 2.71. The average molecular weight is 253 g/mol. The van der Waals surface area contributed by atoms with Crippen LogP contribution in [0.2, 0.25) is 0 Å². The molecule has 0 saturated carbocycles. The molecule has 0 aromatic carbocycles. The highest BCUT2D eigenvalue weighted by atomic mass is 16.6. The third kappa shape index (κ3) is 2.71. The fourth-order valence-electron chi connectivity index (χ4n) is 1.79. The van der Waals surface area contributed by atoms with Crippen LogP contribution in [0.15, 0.2) is 6.20 Å². The third-order valence-corrected chi connectivity index (χ3v) is 2.68. The van der Waals surface area contributed by atoms with E-state index in [4.69, 9.17) is 10.5 Å². The Morgan fingerprint density at radius 1 is 1.50 bits per heavy atom. The van der Waals surface area contributed by atoms with Gasteiger partial charge in [0.1, 0.15) is 12.0 Å². The summed E-state index contributed by atoms with van der Waals surface area (Å²) < 4.78 is 5.22. The molecule has 0 aliphatic carbocycles. The molecule has 8 nitrogen and oxygen atoms in total. The maximum Gasteiger partial charge on any atom is 0.329 e. The predicted octanol–water partition coefficient (Wildman–Crippen LogP) is -0.277. The molecule has 1 aliphatic rings. The fraction of sp³-hybridized carbons (Fsp3) is 0.600. The van der Waals surface area contributed by atoms with Crippen molar-refractivity contribution in [3.63, 3.8) is 0 Å². The second-order valence-electron chi connectivity index (χ2n) is 3.89. The lowest BCUT2D eigenvalue weighted by molar-refractivity contribution is -0.384. The van der Waals surface area contributed by atoms with Crippen LogP contribution in [0.25, 0.3) is 0 Å². The summed E-state index contributed by atoms with van der Waals surface area (Å²) in [4.78, 5) is 20.6. The van der Waals surface area contributed by atoms with Crippen LogP contribution in [-0.2, 0) is 11.2 Å². The van der Waals surface area contributed by atoms with Gasteiger partial charge in [-0.15, -0.1) is 0 Å². The minimum atomic E-state index is -0.461. The van der Waals surface area contributed by atoms with E-state index in [1.165, 1.54) is 6.20 Å². The maximum atomic E-state index is 11.0. The highest BCUT2D eigenvalue weighted by molar-refractivity contribution is 5.56. The summed E-state index contributed by atoms with van der Waals surface area (Å²) >= 11 is 0. The number of rotatable bonds is 4. The van der Waals surface area contributed by atoms with Crippen molar-refractivity contribution in [2.24, 2.45) is 5.73 Å². The molecule has 0 spiro atoms. The number of nitrogens with zero attached hydrogens (tertiary/aromatic N) is 4. The third-order valence-electron chi connectivity index (χ3n) is 2.68. The molecular weight excluding hydrogens is 238 g/mol. The molecule has 0 amide bonds. The van der Waals surface area contributed by atoms with Gasteiger partial charge in [0.05, 0.1) is 18.1 Å². The van der Waals surface area contributed by atoms with Crippen LogP contribution in [0.5, 0.6) is 0 Å². The number of ether oxygens (including phenoxy) is 1. The topological polar surface area (TPSA) is 107 Å². The molecule has 1 saturated heterocycles. The number of hydrogen-bond donors (Lipinski definition) is 1. The van der Waals surface area contributed by atoms with Gasteiger partial charge in [0.25, 0.3) is 0 Å². The Labute approximate surface area is 104 Å². The Morgan fingerprint density at radius 3 is 2.83 bits per heavy atom. The number of morpholine rings is 1. The van der Waals surface area contributed by atoms with Gasteiger partial charge < -0.3 is 15.4 Å². The van der Waals surface area contributed by atoms with Crippen molar-refractivity contribution in [3.05, 3.63) is 22.1 Å². The Kier molecular flexibility index (Phi) is 4.00. The van der Waals surface area contributed by atoms with Gasteiger partial charge in [0.15, 0.2) is 0 Å². The monoisotopic (exact) mass is 253 g/mol. The lowest BCUT2D eigenvalue weighted by Crippen LogP contribution is -2.37. The lowest BCUT2D eigenvalue weighted by atomic mass is 10.3. The zero-order valence-corrected chi connectivity index (χ0v) is 9.91. The molecular formula is C10H15N5O3. The summed E-state index contributed by atoms with van der Waals surface area (Å²) in [7, 11) is 0. The van der Waals surface area contributed by atoms with Crippen LogP contribution in [-0.4, -0.2) is 47.7 Å². The van der Waals surface area contributed by atoms with Gasteiger partial charge in [-0.05, 0) is 6.54 Å². The van der Waals surface area contributed by atoms with E-state index < -0.39 is 4.92 Å². The van der Waals surface area contributed by atoms with Crippen molar-refractivity contribution in [2.45, 2.75) is 6.42 Å². The largest absolute Gasteiger partial charge is 0.378 e. The minimum absolute atomic E-state index is 0.0716. The molecule has 8 heteroatoms. The van der Waals surface area contributed by atoms with Crippen LogP contribution in [0.3, 0.4) is 0 Å². The van der Waals surface area contributed by atoms with E-state index in [0.29, 0.717) is 50.9 Å². The molecule has 98 valence electrons. The van der Waals surface area contributed by atoms with Crippen molar-refractivity contribution in [3.8, 4) is 0 Å². The maximum absolute atomic E-state index is 11.0. The van der Waals surface area contributed by atoms with Gasteiger partial charge in [-0.2, -0.15) is 0 Å². The molecule has 0 atom stereocenters. The molecule has 2 rings (SSSR count). The SMILES string of the molecule is NCCc1ncc([N+](=O)[O-])c(N2CCOCC2)n1. The summed E-state index contributed by atoms with van der Waals surface area (Å²) in [5.41, 5.74) is 5.37. The summed E-state index contributed by atoms with van der Waals surface area (Å²) in [5, 5.41) is 11.0. The zero-order valence-electron chi connectivity index (χ0n) is 9.91. The standard InChI is InChI=1S/C10H15N5O3/c11-2-1-9-12-7-8(15(16)17)10(13-9)14-3-5-18-6-4-14/h7H,1-6,11H2. The average Bonchev–Trinajstić information content (AvgIpc) is 2.40. The van der Waals surface area contributed by atoms with Gasteiger partial charge in [-0.3, -0.25) is 10.1 Å². The number of aromatic nitrogens is 2. The number of hydrogen-bond acceptors (Lipinski definition) is 7. The van der Waals surface area contributed by atoms with E-state index in [1.54, 1.807) is 0 Å². The first kappa shape index (κ1) is 12.7. The van der Waals surface area contributed by atoms with E-state index in [0.717, 1.165) is 0 Å². The Balaban J connectivity index is 2.33. The van der Waals surface area contributed by atoms with Crippen molar-refractivity contribution >= 4 is 11.5 Å². The molecule has 1 aliphatic heterocycles. The first-order valence-corrected chi connectivity index (χ1v) is 5.75. The molecule has 1 fully saturated rings. The summed E-state index contributed by atoms with van der Waals surface area (Å²) in [6.07, 6.45) is 1.76. The number of anilines is 1. The first-order valence-electron chi connectivity index (χ1n) is 5.75. The van der Waals surface area contributed by atoms with Gasteiger partial charge in [0.2, 0.25) is 5.82 Å². The molecule has 0 unspecified atom stereocenters. The van der Waals surface area contributed by atoms with Gasteiger partial charge in [-0.1, -0.05) is 0 Å². The molecule has 2 N–H and O–H groups in total. The van der Waals surface area contributed by atoms with Crippen LogP contribution in [0.4, 0.5) is 11.5 Å². The summed E-state index contributed by atoms with van der Waals surface area (Å²) in [5.74, 6) is 0.895. The molecule has 18 heavy (non-hydrogen) atoms. The quantitative estimate of drug-likeness (QED) is 0.580. The molecule has 0 radical (unpaired) electrons. The Hall–Kier alpha value is -1.80. The van der Waals surface area contributed by atoms with Crippen molar-refractivity contribution in [1.29, 1.82) is 0 Å². The van der Waals surface area contributed by atoms with Crippen LogP contribution >= 0.6 is 0 Å². The molecule has 1 aromatic rings. The number of nitrogens with two attached hydrogens (primary N) is 1. The lowest BCUT2D eigenvalue weighted by Gasteiger charge is -2.27. The molecule has 0 bridgehead atoms. The van der Waals surface area contributed by atoms with E-state index in [2.05, 4.69) is 9.97 Å². The van der Waals surface area contributed by atoms with Crippen molar-refractivity contribution < 1.29 is 9.66 Å².